The van der Waals surface area contributed by atoms with E-state index in [0.717, 1.165) is 16.2 Å². The van der Waals surface area contributed by atoms with E-state index >= 15 is 0 Å². The number of sulfone groups is 1. The molecule has 0 aliphatic carbocycles. The van der Waals surface area contributed by atoms with E-state index in [9.17, 15) is 18.0 Å². The number of nitrogens with zero attached hydrogens (tertiary/aromatic N) is 2. The van der Waals surface area contributed by atoms with Gasteiger partial charge < -0.3 is 0 Å². The summed E-state index contributed by atoms with van der Waals surface area (Å²) in [6.07, 6.45) is 0.968. The number of hydrogen-bond acceptors (Lipinski definition) is 6. The molecule has 1 heterocycles. The Labute approximate surface area is 130 Å². The zero-order chi connectivity index (χ0) is 16.5. The zero-order valence-electron chi connectivity index (χ0n) is 11.6. The van der Waals surface area contributed by atoms with Gasteiger partial charge >= 0.3 is 5.76 Å². The summed E-state index contributed by atoms with van der Waals surface area (Å²) in [6, 6.07) is 5.95. The number of halogens is 1. The van der Waals surface area contributed by atoms with E-state index in [1.807, 2.05) is 0 Å². The highest BCUT2D eigenvalue weighted by atomic mass is 35.5. The molecule has 0 N–H and O–H groups in total. The van der Waals surface area contributed by atoms with Crippen molar-refractivity contribution in [2.75, 3.05) is 6.26 Å². The lowest BCUT2D eigenvalue weighted by molar-refractivity contribution is 0.102. The van der Waals surface area contributed by atoms with Crippen molar-refractivity contribution in [1.82, 2.24) is 9.72 Å². The molecule has 116 valence electrons. The molecule has 1 aromatic carbocycles. The van der Waals surface area contributed by atoms with E-state index < -0.39 is 21.4 Å². The summed E-state index contributed by atoms with van der Waals surface area (Å²) in [5.41, 5.74) is 0.240. The Balaban J connectivity index is 2.55. The highest BCUT2D eigenvalue weighted by Crippen LogP contribution is 2.14. The standard InChI is InChI=1S/C13H11ClN2O5S/c1-8(7-22(2,19)20)16-12(15-21-13(16)18)11(17)9-3-5-10(14)6-4-9/h3-7H,1-2H3/b8-7-. The van der Waals surface area contributed by atoms with Crippen LogP contribution in [0.15, 0.2) is 39.0 Å². The first-order valence-electron chi connectivity index (χ1n) is 5.97. The van der Waals surface area contributed by atoms with E-state index in [0.29, 0.717) is 5.02 Å². The zero-order valence-corrected chi connectivity index (χ0v) is 13.2. The molecule has 0 bridgehead atoms. The van der Waals surface area contributed by atoms with Crippen LogP contribution in [0.3, 0.4) is 0 Å². The molecule has 2 rings (SSSR count). The Kier molecular flexibility index (Phi) is 4.34. The number of rotatable bonds is 4. The molecule has 0 atom stereocenters. The lowest BCUT2D eigenvalue weighted by atomic mass is 10.1. The molecule has 0 radical (unpaired) electrons. The van der Waals surface area contributed by atoms with E-state index in [4.69, 9.17) is 11.6 Å². The molecule has 0 fully saturated rings. The number of ketones is 1. The van der Waals surface area contributed by atoms with Crippen molar-refractivity contribution in [2.24, 2.45) is 0 Å². The van der Waals surface area contributed by atoms with E-state index in [1.165, 1.54) is 31.2 Å². The van der Waals surface area contributed by atoms with Crippen molar-refractivity contribution in [3.63, 3.8) is 0 Å². The van der Waals surface area contributed by atoms with E-state index in [1.54, 1.807) is 0 Å². The Morgan fingerprint density at radius 1 is 1.32 bits per heavy atom. The normalized spacial score (nSPS) is 12.4. The average molecular weight is 343 g/mol. The molecule has 7 nitrogen and oxygen atoms in total. The maximum Gasteiger partial charge on any atom is 0.446 e. The van der Waals surface area contributed by atoms with Crippen molar-refractivity contribution in [3.05, 3.63) is 56.6 Å². The number of carbonyl (C=O) groups excluding carboxylic acids is 1. The second-order valence-corrected chi connectivity index (χ2v) is 6.86. The monoisotopic (exact) mass is 342 g/mol. The first kappa shape index (κ1) is 16.2. The van der Waals surface area contributed by atoms with Gasteiger partial charge in [0.1, 0.15) is 0 Å². The van der Waals surface area contributed by atoms with Crippen molar-refractivity contribution in [3.8, 4) is 0 Å². The van der Waals surface area contributed by atoms with Gasteiger partial charge in [0.2, 0.25) is 11.6 Å². The van der Waals surface area contributed by atoms with Gasteiger partial charge in [-0.2, -0.15) is 0 Å². The van der Waals surface area contributed by atoms with Gasteiger partial charge in [0.25, 0.3) is 0 Å². The van der Waals surface area contributed by atoms with Crippen molar-refractivity contribution in [2.45, 2.75) is 6.92 Å². The molecule has 0 unspecified atom stereocenters. The van der Waals surface area contributed by atoms with Crippen LogP contribution in [0.5, 0.6) is 0 Å². The number of benzene rings is 1. The summed E-state index contributed by atoms with van der Waals surface area (Å²) < 4.78 is 27.9. The van der Waals surface area contributed by atoms with Gasteiger partial charge in [-0.3, -0.25) is 9.32 Å². The first-order valence-corrected chi connectivity index (χ1v) is 8.30. The average Bonchev–Trinajstić information content (AvgIpc) is 2.79. The minimum Gasteiger partial charge on any atom is -0.295 e. The smallest absolute Gasteiger partial charge is 0.295 e. The lowest BCUT2D eigenvalue weighted by Gasteiger charge is -2.04. The van der Waals surface area contributed by atoms with Crippen LogP contribution in [-0.4, -0.2) is 30.2 Å². The SMILES string of the molecule is C/C(=C/S(C)(=O)=O)n1c(C(=O)c2ccc(Cl)cc2)noc1=O. The van der Waals surface area contributed by atoms with Crippen molar-refractivity contribution in [1.29, 1.82) is 0 Å². The maximum absolute atomic E-state index is 12.4. The Hall–Kier alpha value is -2.19. The topological polar surface area (TPSA) is 99.2 Å². The minimum absolute atomic E-state index is 0.00561. The number of carbonyl (C=O) groups is 1. The maximum atomic E-state index is 12.4. The fourth-order valence-electron chi connectivity index (χ4n) is 1.80. The van der Waals surface area contributed by atoms with Gasteiger partial charge in [0.05, 0.1) is 5.41 Å². The van der Waals surface area contributed by atoms with Crippen LogP contribution in [-0.2, 0) is 9.84 Å². The fraction of sp³-hybridized carbons (Fsp3) is 0.154. The van der Waals surface area contributed by atoms with Gasteiger partial charge in [-0.15, -0.1) is 0 Å². The second kappa shape index (κ2) is 5.90. The van der Waals surface area contributed by atoms with Gasteiger partial charge in [0, 0.05) is 22.5 Å². The number of hydrogen-bond donors (Lipinski definition) is 0. The van der Waals surface area contributed by atoms with Gasteiger partial charge in [-0.1, -0.05) is 16.8 Å². The Bertz CT molecular complexity index is 907. The molecule has 22 heavy (non-hydrogen) atoms. The Morgan fingerprint density at radius 2 is 1.91 bits per heavy atom. The molecule has 0 saturated heterocycles. The van der Waals surface area contributed by atoms with Gasteiger partial charge in [-0.05, 0) is 31.2 Å². The third kappa shape index (κ3) is 3.52. The Morgan fingerprint density at radius 3 is 2.45 bits per heavy atom. The van der Waals surface area contributed by atoms with Crippen LogP contribution < -0.4 is 5.76 Å². The largest absolute Gasteiger partial charge is 0.446 e. The van der Waals surface area contributed by atoms with Gasteiger partial charge in [-0.25, -0.2) is 17.8 Å². The minimum atomic E-state index is -3.50. The van der Waals surface area contributed by atoms with Crippen LogP contribution in [0.1, 0.15) is 23.1 Å². The molecule has 0 saturated carbocycles. The molecule has 0 amide bonds. The molecule has 0 aliphatic rings. The predicted octanol–water partition coefficient (Wildman–Crippen LogP) is 1.58. The number of aromatic nitrogens is 2. The fourth-order valence-corrected chi connectivity index (χ4v) is 2.65. The molecular weight excluding hydrogens is 332 g/mol. The molecule has 2 aromatic rings. The summed E-state index contributed by atoms with van der Waals surface area (Å²) in [5, 5.41) is 4.72. The molecule has 1 aromatic heterocycles. The molecule has 9 heteroatoms. The third-order valence-electron chi connectivity index (χ3n) is 2.65. The van der Waals surface area contributed by atoms with Crippen LogP contribution in [0.25, 0.3) is 5.70 Å². The first-order chi connectivity index (χ1) is 10.2. The van der Waals surface area contributed by atoms with Crippen LogP contribution in [0.4, 0.5) is 0 Å². The lowest BCUT2D eigenvalue weighted by Crippen LogP contribution is -2.19. The summed E-state index contributed by atoms with van der Waals surface area (Å²) in [5.74, 6) is -1.86. The summed E-state index contributed by atoms with van der Waals surface area (Å²) in [4.78, 5) is 24.0. The molecule has 0 aliphatic heterocycles. The van der Waals surface area contributed by atoms with E-state index in [-0.39, 0.29) is 17.1 Å². The highest BCUT2D eigenvalue weighted by Gasteiger charge is 2.21. The molecule has 0 spiro atoms. The second-order valence-electron chi connectivity index (χ2n) is 4.53. The van der Waals surface area contributed by atoms with Crippen molar-refractivity contribution >= 4 is 32.9 Å². The summed E-state index contributed by atoms with van der Waals surface area (Å²) >= 11 is 5.74. The summed E-state index contributed by atoms with van der Waals surface area (Å²) in [7, 11) is -3.50. The summed E-state index contributed by atoms with van der Waals surface area (Å²) in [6.45, 7) is 1.36. The quantitative estimate of drug-likeness (QED) is 0.782. The van der Waals surface area contributed by atoms with E-state index in [2.05, 4.69) is 9.68 Å². The van der Waals surface area contributed by atoms with Gasteiger partial charge in [0.15, 0.2) is 9.84 Å². The molecular formula is C13H11ClN2O5S. The van der Waals surface area contributed by atoms with Crippen LogP contribution in [0, 0.1) is 0 Å². The third-order valence-corrected chi connectivity index (χ3v) is 3.67. The number of allylic oxidation sites excluding steroid dienone is 1. The predicted molar refractivity (Wildman–Crippen MR) is 80.4 cm³/mol. The highest BCUT2D eigenvalue weighted by molar-refractivity contribution is 7.93. The van der Waals surface area contributed by atoms with Crippen molar-refractivity contribution < 1.29 is 17.7 Å². The van der Waals surface area contributed by atoms with Crippen LogP contribution >= 0.6 is 11.6 Å². The van der Waals surface area contributed by atoms with Crippen LogP contribution in [0.2, 0.25) is 5.02 Å².